The van der Waals surface area contributed by atoms with Crippen molar-refractivity contribution in [3.8, 4) is 0 Å². The molecule has 1 atom stereocenters. The predicted octanol–water partition coefficient (Wildman–Crippen LogP) is 1.68. The van der Waals surface area contributed by atoms with Gasteiger partial charge < -0.3 is 4.90 Å². The fourth-order valence-electron chi connectivity index (χ4n) is 2.73. The molecule has 1 aliphatic rings. The molecule has 6 heteroatoms. The highest BCUT2D eigenvalue weighted by Gasteiger charge is 2.28. The minimum absolute atomic E-state index is 0.0284. The molecule has 3 rings (SSSR count). The van der Waals surface area contributed by atoms with Crippen molar-refractivity contribution in [2.75, 3.05) is 6.54 Å². The van der Waals surface area contributed by atoms with Gasteiger partial charge in [0.25, 0.3) is 5.91 Å². The van der Waals surface area contributed by atoms with Crippen LogP contribution in [-0.4, -0.2) is 43.1 Å². The van der Waals surface area contributed by atoms with Crippen LogP contribution in [0.2, 0.25) is 0 Å². The molecule has 3 heterocycles. The molecule has 1 unspecified atom stereocenters. The predicted molar refractivity (Wildman–Crippen MR) is 77.7 cm³/mol. The molecule has 0 N–H and O–H groups in total. The highest BCUT2D eigenvalue weighted by Crippen LogP contribution is 2.20. The van der Waals surface area contributed by atoms with Crippen LogP contribution in [0.3, 0.4) is 0 Å². The largest absolute Gasteiger partial charge is 0.332 e. The fraction of sp³-hybridized carbons (Fsp3) is 0.467. The molecule has 6 nitrogen and oxygen atoms in total. The van der Waals surface area contributed by atoms with Crippen LogP contribution in [0, 0.1) is 6.92 Å². The Kier molecular flexibility index (Phi) is 3.94. The van der Waals surface area contributed by atoms with E-state index in [1.807, 2.05) is 28.8 Å². The van der Waals surface area contributed by atoms with Crippen LogP contribution in [0.1, 0.15) is 35.4 Å². The smallest absolute Gasteiger partial charge is 0.274 e. The van der Waals surface area contributed by atoms with Crippen molar-refractivity contribution in [1.82, 2.24) is 24.6 Å². The van der Waals surface area contributed by atoms with E-state index < -0.39 is 0 Å². The lowest BCUT2D eigenvalue weighted by molar-refractivity contribution is 0.0577. The molecule has 2 aromatic heterocycles. The monoisotopic (exact) mass is 285 g/mol. The number of hydrogen-bond acceptors (Lipinski definition) is 4. The van der Waals surface area contributed by atoms with Gasteiger partial charge in [0.1, 0.15) is 5.69 Å². The maximum atomic E-state index is 12.6. The van der Waals surface area contributed by atoms with E-state index in [4.69, 9.17) is 0 Å². The summed E-state index contributed by atoms with van der Waals surface area (Å²) in [5, 5.41) is 4.24. The Morgan fingerprint density at radius 1 is 1.33 bits per heavy atom. The molecular formula is C15H19N5O. The summed E-state index contributed by atoms with van der Waals surface area (Å²) in [5.41, 5.74) is 1.24. The number of rotatable bonds is 3. The molecule has 0 aliphatic carbocycles. The Bertz CT molecular complexity index is 593. The number of amides is 1. The lowest BCUT2D eigenvalue weighted by Gasteiger charge is -2.35. The van der Waals surface area contributed by atoms with E-state index in [-0.39, 0.29) is 11.9 Å². The van der Waals surface area contributed by atoms with Gasteiger partial charge in [0.2, 0.25) is 0 Å². The average Bonchev–Trinajstić information content (AvgIpc) is 3.01. The van der Waals surface area contributed by atoms with Crippen LogP contribution in [0.15, 0.2) is 30.9 Å². The third kappa shape index (κ3) is 3.09. The summed E-state index contributed by atoms with van der Waals surface area (Å²) >= 11 is 0. The van der Waals surface area contributed by atoms with Crippen LogP contribution in [0.25, 0.3) is 0 Å². The van der Waals surface area contributed by atoms with Gasteiger partial charge in [0.05, 0.1) is 24.5 Å². The van der Waals surface area contributed by atoms with Crippen LogP contribution >= 0.6 is 0 Å². The van der Waals surface area contributed by atoms with Gasteiger partial charge in [-0.3, -0.25) is 14.5 Å². The zero-order chi connectivity index (χ0) is 14.7. The van der Waals surface area contributed by atoms with E-state index in [2.05, 4.69) is 15.1 Å². The van der Waals surface area contributed by atoms with Gasteiger partial charge in [-0.15, -0.1) is 0 Å². The lowest BCUT2D eigenvalue weighted by atomic mass is 10.0. The maximum Gasteiger partial charge on any atom is 0.274 e. The zero-order valence-electron chi connectivity index (χ0n) is 12.1. The van der Waals surface area contributed by atoms with Gasteiger partial charge in [-0.2, -0.15) is 5.10 Å². The van der Waals surface area contributed by atoms with Crippen LogP contribution in [-0.2, 0) is 6.54 Å². The Balaban J connectivity index is 1.77. The number of aryl methyl sites for hydroxylation is 1. The average molecular weight is 285 g/mol. The van der Waals surface area contributed by atoms with E-state index in [1.165, 1.54) is 0 Å². The molecule has 0 saturated carbocycles. The fourth-order valence-corrected chi connectivity index (χ4v) is 2.73. The summed E-state index contributed by atoms with van der Waals surface area (Å²) in [6.07, 6.45) is 10.1. The van der Waals surface area contributed by atoms with Gasteiger partial charge in [0, 0.05) is 25.1 Å². The number of piperidine rings is 1. The first-order chi connectivity index (χ1) is 10.2. The van der Waals surface area contributed by atoms with Crippen molar-refractivity contribution in [2.45, 2.75) is 38.8 Å². The van der Waals surface area contributed by atoms with E-state index in [0.717, 1.165) is 38.0 Å². The normalized spacial score (nSPS) is 18.7. The SMILES string of the molecule is Cc1cnc(C(=O)N2CCCCC2Cn2cccn2)cn1. The minimum Gasteiger partial charge on any atom is -0.332 e. The van der Waals surface area contributed by atoms with Gasteiger partial charge in [-0.05, 0) is 32.3 Å². The third-order valence-corrected chi connectivity index (χ3v) is 3.85. The van der Waals surface area contributed by atoms with Gasteiger partial charge >= 0.3 is 0 Å². The summed E-state index contributed by atoms with van der Waals surface area (Å²) in [7, 11) is 0. The van der Waals surface area contributed by atoms with Gasteiger partial charge in [0.15, 0.2) is 0 Å². The second kappa shape index (κ2) is 6.03. The van der Waals surface area contributed by atoms with E-state index in [9.17, 15) is 4.79 Å². The lowest BCUT2D eigenvalue weighted by Crippen LogP contribution is -2.46. The first-order valence-electron chi connectivity index (χ1n) is 7.31. The van der Waals surface area contributed by atoms with Crippen molar-refractivity contribution in [2.24, 2.45) is 0 Å². The topological polar surface area (TPSA) is 63.9 Å². The quantitative estimate of drug-likeness (QED) is 0.860. The van der Waals surface area contributed by atoms with E-state index in [1.54, 1.807) is 18.6 Å². The first kappa shape index (κ1) is 13.7. The summed E-state index contributed by atoms with van der Waals surface area (Å²) in [6, 6.07) is 2.08. The molecule has 0 aromatic carbocycles. The first-order valence-corrected chi connectivity index (χ1v) is 7.31. The summed E-state index contributed by atoms with van der Waals surface area (Å²) < 4.78 is 1.89. The molecule has 2 aromatic rings. The summed E-state index contributed by atoms with van der Waals surface area (Å²) in [5.74, 6) is -0.0284. The maximum absolute atomic E-state index is 12.6. The molecule has 0 spiro atoms. The highest BCUT2D eigenvalue weighted by atomic mass is 16.2. The molecular weight excluding hydrogens is 266 g/mol. The number of aromatic nitrogens is 4. The molecule has 1 saturated heterocycles. The molecule has 1 amide bonds. The molecule has 0 bridgehead atoms. The Hall–Kier alpha value is -2.24. The van der Waals surface area contributed by atoms with Crippen molar-refractivity contribution >= 4 is 5.91 Å². The number of carbonyl (C=O) groups is 1. The molecule has 1 aliphatic heterocycles. The number of nitrogens with zero attached hydrogens (tertiary/aromatic N) is 5. The van der Waals surface area contributed by atoms with Gasteiger partial charge in [-0.1, -0.05) is 0 Å². The molecule has 1 fully saturated rings. The molecule has 0 radical (unpaired) electrons. The van der Waals surface area contributed by atoms with E-state index in [0.29, 0.717) is 5.69 Å². The molecule has 110 valence electrons. The second-order valence-electron chi connectivity index (χ2n) is 5.42. The summed E-state index contributed by atoms with van der Waals surface area (Å²) in [6.45, 7) is 3.38. The highest BCUT2D eigenvalue weighted by molar-refractivity contribution is 5.92. The van der Waals surface area contributed by atoms with Crippen LogP contribution in [0.4, 0.5) is 0 Å². The van der Waals surface area contributed by atoms with Crippen molar-refractivity contribution < 1.29 is 4.79 Å². The number of likely N-dealkylation sites (tertiary alicyclic amines) is 1. The zero-order valence-corrected chi connectivity index (χ0v) is 12.1. The Labute approximate surface area is 123 Å². The summed E-state index contributed by atoms with van der Waals surface area (Å²) in [4.78, 5) is 22.9. The number of hydrogen-bond donors (Lipinski definition) is 0. The minimum atomic E-state index is -0.0284. The van der Waals surface area contributed by atoms with Gasteiger partial charge in [-0.25, -0.2) is 4.98 Å². The third-order valence-electron chi connectivity index (χ3n) is 3.85. The Morgan fingerprint density at radius 3 is 2.95 bits per heavy atom. The number of carbonyl (C=O) groups excluding carboxylic acids is 1. The van der Waals surface area contributed by atoms with Crippen LogP contribution in [0.5, 0.6) is 0 Å². The standard InChI is InChI=1S/C15H19N5O/c1-12-9-17-14(10-16-12)15(21)20-8-3-2-5-13(20)11-19-7-4-6-18-19/h4,6-7,9-10,13H,2-3,5,8,11H2,1H3. The van der Waals surface area contributed by atoms with Crippen molar-refractivity contribution in [1.29, 1.82) is 0 Å². The van der Waals surface area contributed by atoms with Crippen LogP contribution < -0.4 is 0 Å². The van der Waals surface area contributed by atoms with Crippen molar-refractivity contribution in [3.05, 3.63) is 42.2 Å². The van der Waals surface area contributed by atoms with Crippen molar-refractivity contribution in [3.63, 3.8) is 0 Å². The van der Waals surface area contributed by atoms with E-state index >= 15 is 0 Å². The Morgan fingerprint density at radius 2 is 2.24 bits per heavy atom. The molecule has 21 heavy (non-hydrogen) atoms. The second-order valence-corrected chi connectivity index (χ2v) is 5.42.